The van der Waals surface area contributed by atoms with E-state index in [9.17, 15) is 4.79 Å². The van der Waals surface area contributed by atoms with Crippen molar-refractivity contribution in [3.8, 4) is 5.75 Å². The summed E-state index contributed by atoms with van der Waals surface area (Å²) in [5, 5.41) is 4.86. The van der Waals surface area contributed by atoms with Gasteiger partial charge in [0.05, 0.1) is 38.0 Å². The number of benzene rings is 2. The van der Waals surface area contributed by atoms with Gasteiger partial charge in [-0.2, -0.15) is 0 Å². The number of furan rings is 1. The Morgan fingerprint density at radius 3 is 2.66 bits per heavy atom. The number of thiocarbonyl (C=S) groups is 1. The van der Waals surface area contributed by atoms with Gasteiger partial charge in [-0.05, 0) is 60.4 Å². The molecule has 4 aromatic rings. The maximum Gasteiger partial charge on any atom is 0.253 e. The largest absolute Gasteiger partial charge is 0.497 e. The van der Waals surface area contributed by atoms with Crippen molar-refractivity contribution in [1.82, 2.24) is 15.2 Å². The summed E-state index contributed by atoms with van der Waals surface area (Å²) in [6.45, 7) is 2.84. The van der Waals surface area contributed by atoms with E-state index in [4.69, 9.17) is 21.4 Å². The highest BCUT2D eigenvalue weighted by Gasteiger charge is 2.17. The number of aromatic nitrogens is 1. The fourth-order valence-electron chi connectivity index (χ4n) is 3.57. The van der Waals surface area contributed by atoms with Crippen LogP contribution >= 0.6 is 12.2 Å². The Morgan fingerprint density at radius 1 is 1.12 bits per heavy atom. The van der Waals surface area contributed by atoms with Crippen molar-refractivity contribution in [3.05, 3.63) is 100 Å². The molecule has 0 aliphatic rings. The first-order valence-electron chi connectivity index (χ1n) is 10.4. The molecule has 0 saturated carbocycles. The molecule has 32 heavy (non-hydrogen) atoms. The first-order valence-corrected chi connectivity index (χ1v) is 10.8. The second kappa shape index (κ2) is 9.70. The predicted octanol–water partition coefficient (Wildman–Crippen LogP) is 4.77. The van der Waals surface area contributed by atoms with Crippen molar-refractivity contribution in [1.29, 1.82) is 0 Å². The first-order chi connectivity index (χ1) is 15.5. The van der Waals surface area contributed by atoms with Crippen LogP contribution in [0.2, 0.25) is 0 Å². The van der Waals surface area contributed by atoms with Crippen LogP contribution in [0, 0.1) is 0 Å². The Hall–Kier alpha value is -3.58. The fourth-order valence-corrected chi connectivity index (χ4v) is 3.87. The average Bonchev–Trinajstić information content (AvgIpc) is 3.32. The summed E-state index contributed by atoms with van der Waals surface area (Å²) in [5.41, 5.74) is 2.32. The van der Waals surface area contributed by atoms with Crippen LogP contribution in [0.15, 0.2) is 82.2 Å². The van der Waals surface area contributed by atoms with E-state index in [1.54, 1.807) is 13.4 Å². The molecule has 0 aliphatic carbocycles. The van der Waals surface area contributed by atoms with Gasteiger partial charge < -0.3 is 24.4 Å². The van der Waals surface area contributed by atoms with E-state index in [2.05, 4.69) is 29.4 Å². The standard InChI is InChI=1S/C25H25N3O3S/c1-17(18-7-4-3-5-8-18)26-25(32)28(16-22-9-6-12-31-22)15-20-13-19-10-11-21(30-2)14-23(19)27-24(20)29/h3-14,17H,15-16H2,1-2H3,(H,26,32)(H,27,29)/t17-/m0/s1. The number of nitrogens with zero attached hydrogens (tertiary/aromatic N) is 1. The molecule has 4 rings (SSSR count). The minimum absolute atomic E-state index is 0.0187. The maximum atomic E-state index is 12.8. The number of aromatic amines is 1. The van der Waals surface area contributed by atoms with Crippen LogP contribution in [-0.4, -0.2) is 22.1 Å². The highest BCUT2D eigenvalue weighted by molar-refractivity contribution is 7.80. The van der Waals surface area contributed by atoms with Gasteiger partial charge in [-0.3, -0.25) is 4.79 Å². The van der Waals surface area contributed by atoms with Crippen LogP contribution in [0.1, 0.15) is 29.9 Å². The number of ether oxygens (including phenoxy) is 1. The van der Waals surface area contributed by atoms with E-state index in [0.717, 1.165) is 22.2 Å². The number of methoxy groups -OCH3 is 1. The number of H-pyrrole nitrogens is 1. The summed E-state index contributed by atoms with van der Waals surface area (Å²) >= 11 is 5.74. The average molecular weight is 448 g/mol. The summed E-state index contributed by atoms with van der Waals surface area (Å²) in [4.78, 5) is 17.7. The molecule has 2 heterocycles. The number of rotatable bonds is 7. The van der Waals surface area contributed by atoms with Gasteiger partial charge in [-0.25, -0.2) is 0 Å². The molecule has 2 aromatic carbocycles. The quantitative estimate of drug-likeness (QED) is 0.398. The molecule has 0 amide bonds. The summed E-state index contributed by atoms with van der Waals surface area (Å²) < 4.78 is 10.8. The van der Waals surface area contributed by atoms with Crippen LogP contribution in [0.4, 0.5) is 0 Å². The number of pyridine rings is 1. The number of fused-ring (bicyclic) bond motifs is 1. The van der Waals surface area contributed by atoms with Gasteiger partial charge in [-0.1, -0.05) is 30.3 Å². The van der Waals surface area contributed by atoms with Crippen LogP contribution in [0.5, 0.6) is 5.75 Å². The molecule has 7 heteroatoms. The lowest BCUT2D eigenvalue weighted by atomic mass is 10.1. The minimum Gasteiger partial charge on any atom is -0.497 e. The van der Waals surface area contributed by atoms with E-state index < -0.39 is 0 Å². The Balaban J connectivity index is 1.59. The molecule has 0 radical (unpaired) electrons. The molecule has 0 bridgehead atoms. The van der Waals surface area contributed by atoms with Crippen molar-refractivity contribution in [2.45, 2.75) is 26.1 Å². The number of hydrogen-bond donors (Lipinski definition) is 2. The third-order valence-corrected chi connectivity index (χ3v) is 5.72. The van der Waals surface area contributed by atoms with E-state index in [1.165, 1.54) is 0 Å². The topological polar surface area (TPSA) is 70.5 Å². The summed E-state index contributed by atoms with van der Waals surface area (Å²) in [6, 6.07) is 21.4. The summed E-state index contributed by atoms with van der Waals surface area (Å²) in [7, 11) is 1.60. The zero-order valence-corrected chi connectivity index (χ0v) is 18.8. The lowest BCUT2D eigenvalue weighted by Gasteiger charge is -2.27. The van der Waals surface area contributed by atoms with Crippen molar-refractivity contribution in [2.75, 3.05) is 7.11 Å². The van der Waals surface area contributed by atoms with Gasteiger partial charge in [0.2, 0.25) is 0 Å². The van der Waals surface area contributed by atoms with Crippen molar-refractivity contribution in [3.63, 3.8) is 0 Å². The zero-order chi connectivity index (χ0) is 22.5. The van der Waals surface area contributed by atoms with Gasteiger partial charge in [0.15, 0.2) is 5.11 Å². The van der Waals surface area contributed by atoms with Crippen LogP contribution in [0.3, 0.4) is 0 Å². The predicted molar refractivity (Wildman–Crippen MR) is 130 cm³/mol. The Kier molecular flexibility index (Phi) is 6.56. The van der Waals surface area contributed by atoms with Crippen LogP contribution < -0.4 is 15.6 Å². The molecule has 0 spiro atoms. The molecule has 164 valence electrons. The van der Waals surface area contributed by atoms with Crippen molar-refractivity contribution >= 4 is 28.2 Å². The monoisotopic (exact) mass is 447 g/mol. The minimum atomic E-state index is -0.158. The van der Waals surface area contributed by atoms with Crippen molar-refractivity contribution in [2.24, 2.45) is 0 Å². The molecular weight excluding hydrogens is 422 g/mol. The van der Waals surface area contributed by atoms with Gasteiger partial charge in [0, 0.05) is 11.6 Å². The van der Waals surface area contributed by atoms with E-state index in [-0.39, 0.29) is 11.6 Å². The number of nitrogens with one attached hydrogen (secondary N) is 2. The molecule has 1 atom stereocenters. The number of hydrogen-bond acceptors (Lipinski definition) is 4. The summed E-state index contributed by atoms with van der Waals surface area (Å²) in [6.07, 6.45) is 1.63. The molecular formula is C25H25N3O3S. The third kappa shape index (κ3) is 5.00. The molecule has 0 unspecified atom stereocenters. The Labute approximate surface area is 191 Å². The first kappa shape index (κ1) is 21.6. The normalized spacial score (nSPS) is 11.8. The maximum absolute atomic E-state index is 12.8. The molecule has 2 aromatic heterocycles. The zero-order valence-electron chi connectivity index (χ0n) is 18.0. The van der Waals surface area contributed by atoms with Gasteiger partial charge in [0.1, 0.15) is 11.5 Å². The highest BCUT2D eigenvalue weighted by atomic mass is 32.1. The molecule has 2 N–H and O–H groups in total. The van der Waals surface area contributed by atoms with E-state index >= 15 is 0 Å². The van der Waals surface area contributed by atoms with Gasteiger partial charge in [0.25, 0.3) is 5.56 Å². The third-order valence-electron chi connectivity index (χ3n) is 5.34. The lowest BCUT2D eigenvalue weighted by molar-refractivity contribution is 0.347. The second-order valence-electron chi connectivity index (χ2n) is 7.59. The van der Waals surface area contributed by atoms with E-state index in [1.807, 2.05) is 59.5 Å². The van der Waals surface area contributed by atoms with E-state index in [0.29, 0.717) is 29.5 Å². The molecule has 0 aliphatic heterocycles. The summed E-state index contributed by atoms with van der Waals surface area (Å²) in [5.74, 6) is 1.46. The highest BCUT2D eigenvalue weighted by Crippen LogP contribution is 2.20. The molecule has 0 saturated heterocycles. The van der Waals surface area contributed by atoms with Gasteiger partial charge in [-0.15, -0.1) is 0 Å². The second-order valence-corrected chi connectivity index (χ2v) is 7.98. The molecule has 6 nitrogen and oxygen atoms in total. The smallest absolute Gasteiger partial charge is 0.253 e. The molecule has 0 fully saturated rings. The fraction of sp³-hybridized carbons (Fsp3) is 0.200. The Bertz CT molecular complexity index is 1250. The SMILES string of the molecule is COc1ccc2cc(CN(Cc3ccco3)C(=S)N[C@@H](C)c3ccccc3)c(=O)[nH]c2c1. The Morgan fingerprint density at radius 2 is 1.94 bits per heavy atom. The van der Waals surface area contributed by atoms with Crippen molar-refractivity contribution < 1.29 is 9.15 Å². The van der Waals surface area contributed by atoms with Crippen LogP contribution in [0.25, 0.3) is 10.9 Å². The van der Waals surface area contributed by atoms with Crippen LogP contribution in [-0.2, 0) is 13.1 Å². The lowest BCUT2D eigenvalue weighted by Crippen LogP contribution is -2.41. The van der Waals surface area contributed by atoms with Gasteiger partial charge >= 0.3 is 0 Å².